The molecule has 0 aliphatic heterocycles. The lowest BCUT2D eigenvalue weighted by atomic mass is 10.0. The Morgan fingerprint density at radius 3 is 2.17 bits per heavy atom. The van der Waals surface area contributed by atoms with Crippen LogP contribution in [0.1, 0.15) is 31.9 Å². The normalized spacial score (nSPS) is 12.1. The molecule has 8 nitrogen and oxygen atoms in total. The molecule has 1 atom stereocenters. The van der Waals surface area contributed by atoms with Gasteiger partial charge in [0.15, 0.2) is 0 Å². The fraction of sp³-hybridized carbons (Fsp3) is 0.333. The Morgan fingerprint density at radius 1 is 0.950 bits per heavy atom. The zero-order valence-corrected chi connectivity index (χ0v) is 24.8. The lowest BCUT2D eigenvalue weighted by Gasteiger charge is -2.34. The van der Waals surface area contributed by atoms with Gasteiger partial charge in [-0.2, -0.15) is 0 Å². The van der Waals surface area contributed by atoms with Crippen molar-refractivity contribution in [2.75, 3.05) is 23.7 Å². The van der Waals surface area contributed by atoms with Gasteiger partial charge >= 0.3 is 0 Å². The molecule has 10 heteroatoms. The lowest BCUT2D eigenvalue weighted by molar-refractivity contribution is -0.140. The first-order chi connectivity index (χ1) is 19.0. The van der Waals surface area contributed by atoms with Crippen LogP contribution in [-0.4, -0.2) is 56.6 Å². The Labute approximate surface area is 241 Å². The summed E-state index contributed by atoms with van der Waals surface area (Å²) in [5.41, 5.74) is 1.89. The monoisotopic (exact) mass is 585 g/mol. The summed E-state index contributed by atoms with van der Waals surface area (Å²) < 4.78 is 32.2. The first kappa shape index (κ1) is 31.0. The van der Waals surface area contributed by atoms with Crippen LogP contribution in [0.25, 0.3) is 0 Å². The summed E-state index contributed by atoms with van der Waals surface area (Å²) in [6.07, 6.45) is 1.29. The Morgan fingerprint density at radius 2 is 1.60 bits per heavy atom. The Bertz CT molecular complexity index is 1380. The van der Waals surface area contributed by atoms with E-state index in [1.54, 1.807) is 42.5 Å². The number of anilines is 1. The molecule has 3 aromatic rings. The van der Waals surface area contributed by atoms with Gasteiger partial charge in [-0.3, -0.25) is 13.9 Å². The summed E-state index contributed by atoms with van der Waals surface area (Å²) in [4.78, 5) is 29.0. The summed E-state index contributed by atoms with van der Waals surface area (Å²) in [5.74, 6) is -0.276. The van der Waals surface area contributed by atoms with Crippen LogP contribution in [0.2, 0.25) is 5.02 Å². The van der Waals surface area contributed by atoms with Gasteiger partial charge in [-0.05, 0) is 68.3 Å². The maximum Gasteiger partial charge on any atom is 0.244 e. The lowest BCUT2D eigenvalue weighted by Crippen LogP contribution is -2.54. The summed E-state index contributed by atoms with van der Waals surface area (Å²) in [5, 5.41) is 3.41. The van der Waals surface area contributed by atoms with Crippen molar-refractivity contribution in [2.45, 2.75) is 45.8 Å². The highest BCUT2D eigenvalue weighted by atomic mass is 35.5. The molecule has 40 heavy (non-hydrogen) atoms. The van der Waals surface area contributed by atoms with E-state index in [9.17, 15) is 18.0 Å². The smallest absolute Gasteiger partial charge is 0.244 e. The van der Waals surface area contributed by atoms with E-state index in [4.69, 9.17) is 16.3 Å². The predicted molar refractivity (Wildman–Crippen MR) is 159 cm³/mol. The van der Waals surface area contributed by atoms with Gasteiger partial charge in [0.25, 0.3) is 0 Å². The highest BCUT2D eigenvalue weighted by molar-refractivity contribution is 7.92. The molecule has 1 unspecified atom stereocenters. The van der Waals surface area contributed by atoms with Gasteiger partial charge in [-0.1, -0.05) is 54.1 Å². The summed E-state index contributed by atoms with van der Waals surface area (Å²) >= 11 is 6.23. The Hall–Kier alpha value is -3.56. The molecule has 0 fully saturated rings. The van der Waals surface area contributed by atoms with E-state index in [2.05, 4.69) is 5.32 Å². The summed E-state index contributed by atoms with van der Waals surface area (Å²) in [6, 6.07) is 21.8. The van der Waals surface area contributed by atoms with Crippen molar-refractivity contribution < 1.29 is 22.7 Å². The van der Waals surface area contributed by atoms with Gasteiger partial charge in [0.2, 0.25) is 21.8 Å². The summed E-state index contributed by atoms with van der Waals surface area (Å²) in [6.45, 7) is 5.57. The van der Waals surface area contributed by atoms with Gasteiger partial charge in [0.1, 0.15) is 18.3 Å². The molecule has 0 radical (unpaired) electrons. The van der Waals surface area contributed by atoms with Crippen LogP contribution in [0.4, 0.5) is 5.69 Å². The number of nitrogens with zero attached hydrogens (tertiary/aromatic N) is 2. The molecule has 3 aromatic carbocycles. The number of benzene rings is 3. The van der Waals surface area contributed by atoms with Crippen molar-refractivity contribution in [1.29, 1.82) is 0 Å². The van der Waals surface area contributed by atoms with Crippen molar-refractivity contribution in [1.82, 2.24) is 10.2 Å². The minimum Gasteiger partial charge on any atom is -0.494 e. The highest BCUT2D eigenvalue weighted by Gasteiger charge is 2.33. The molecule has 3 rings (SSSR count). The first-order valence-corrected chi connectivity index (χ1v) is 15.3. The second-order valence-corrected chi connectivity index (χ2v) is 12.1. The number of amides is 2. The molecule has 0 saturated carbocycles. The molecule has 0 aromatic heterocycles. The topological polar surface area (TPSA) is 96.0 Å². The molecule has 0 spiro atoms. The number of carbonyl (C=O) groups excluding carboxylic acids is 2. The molecule has 0 aliphatic rings. The van der Waals surface area contributed by atoms with Gasteiger partial charge < -0.3 is 15.0 Å². The number of hydrogen-bond acceptors (Lipinski definition) is 5. The second kappa shape index (κ2) is 14.2. The largest absolute Gasteiger partial charge is 0.494 e. The average Bonchev–Trinajstić information content (AvgIpc) is 2.89. The van der Waals surface area contributed by atoms with Crippen molar-refractivity contribution >= 4 is 39.1 Å². The van der Waals surface area contributed by atoms with Crippen molar-refractivity contribution in [3.05, 3.63) is 95.0 Å². The van der Waals surface area contributed by atoms with E-state index in [-0.39, 0.29) is 24.9 Å². The zero-order chi connectivity index (χ0) is 29.3. The predicted octanol–water partition coefficient (Wildman–Crippen LogP) is 4.67. The highest BCUT2D eigenvalue weighted by Crippen LogP contribution is 2.23. The molecule has 0 bridgehead atoms. The molecule has 1 N–H and O–H groups in total. The van der Waals surface area contributed by atoms with Crippen LogP contribution in [0.15, 0.2) is 78.9 Å². The van der Waals surface area contributed by atoms with E-state index in [1.165, 1.54) is 4.90 Å². The molecule has 214 valence electrons. The molecular weight excluding hydrogens is 550 g/mol. The average molecular weight is 586 g/mol. The van der Waals surface area contributed by atoms with Gasteiger partial charge in [-0.25, -0.2) is 8.42 Å². The van der Waals surface area contributed by atoms with Crippen LogP contribution in [-0.2, 0) is 32.6 Å². The molecule has 0 heterocycles. The van der Waals surface area contributed by atoms with Crippen molar-refractivity contribution in [3.8, 4) is 5.75 Å². The standard InChI is InChI=1S/C30H36ClN3O5S/c1-5-39-27-16-14-26(15-17-27)34(40(4,37)38)21-29(35)33(20-24-12-9-13-25(31)18-24)28(30(36)32-22(2)3)19-23-10-7-6-8-11-23/h6-18,22,28H,5,19-21H2,1-4H3,(H,32,36). The van der Waals surface area contributed by atoms with Crippen LogP contribution < -0.4 is 14.4 Å². The third kappa shape index (κ3) is 8.99. The molecule has 0 saturated heterocycles. The third-order valence-corrected chi connectivity index (χ3v) is 7.43. The molecule has 0 aliphatic carbocycles. The maximum atomic E-state index is 14.0. The number of ether oxygens (including phenoxy) is 1. The van der Waals surface area contributed by atoms with Crippen molar-refractivity contribution in [2.24, 2.45) is 0 Å². The fourth-order valence-electron chi connectivity index (χ4n) is 4.26. The van der Waals surface area contributed by atoms with Crippen LogP contribution in [0.3, 0.4) is 0 Å². The SMILES string of the molecule is CCOc1ccc(N(CC(=O)N(Cc2cccc(Cl)c2)C(Cc2ccccc2)C(=O)NC(C)C)S(C)(=O)=O)cc1. The third-order valence-electron chi connectivity index (χ3n) is 6.06. The Kier molecular flexibility index (Phi) is 11.0. The summed E-state index contributed by atoms with van der Waals surface area (Å²) in [7, 11) is -3.85. The second-order valence-electron chi connectivity index (χ2n) is 9.72. The maximum absolute atomic E-state index is 14.0. The van der Waals surface area contributed by atoms with Gasteiger partial charge in [0.05, 0.1) is 18.6 Å². The van der Waals surface area contributed by atoms with E-state index >= 15 is 0 Å². The number of sulfonamides is 1. The number of rotatable bonds is 13. The number of hydrogen-bond donors (Lipinski definition) is 1. The van der Waals surface area contributed by atoms with Gasteiger partial charge in [0, 0.05) is 24.0 Å². The first-order valence-electron chi connectivity index (χ1n) is 13.1. The van der Waals surface area contributed by atoms with Gasteiger partial charge in [-0.15, -0.1) is 0 Å². The molecular formula is C30H36ClN3O5S. The van der Waals surface area contributed by atoms with Crippen LogP contribution >= 0.6 is 11.6 Å². The fourth-order valence-corrected chi connectivity index (χ4v) is 5.32. The van der Waals surface area contributed by atoms with Crippen LogP contribution in [0, 0.1) is 0 Å². The van der Waals surface area contributed by atoms with Crippen molar-refractivity contribution in [3.63, 3.8) is 0 Å². The van der Waals surface area contributed by atoms with E-state index in [0.29, 0.717) is 28.6 Å². The minimum atomic E-state index is -3.85. The quantitative estimate of drug-likeness (QED) is 0.314. The number of nitrogens with one attached hydrogen (secondary N) is 1. The van der Waals surface area contributed by atoms with E-state index in [0.717, 1.165) is 16.1 Å². The van der Waals surface area contributed by atoms with E-state index < -0.39 is 28.5 Å². The number of halogens is 1. The van der Waals surface area contributed by atoms with Crippen LogP contribution in [0.5, 0.6) is 5.75 Å². The number of carbonyl (C=O) groups is 2. The molecule has 2 amide bonds. The minimum absolute atomic E-state index is 0.0588. The Balaban J connectivity index is 2.03. The zero-order valence-electron chi connectivity index (χ0n) is 23.2. The van der Waals surface area contributed by atoms with E-state index in [1.807, 2.05) is 57.2 Å².